The number of aromatic nitrogens is 3. The fraction of sp³-hybridized carbons (Fsp3) is 0.100. The summed E-state index contributed by atoms with van der Waals surface area (Å²) >= 11 is 0. The molecule has 2 heterocycles. The molecule has 0 aliphatic rings. The summed E-state index contributed by atoms with van der Waals surface area (Å²) in [6.07, 6.45) is 3.41. The molecule has 130 valence electrons. The summed E-state index contributed by atoms with van der Waals surface area (Å²) in [5.74, 6) is 0.647. The summed E-state index contributed by atoms with van der Waals surface area (Å²) in [5.41, 5.74) is 3.05. The Morgan fingerprint density at radius 2 is 1.62 bits per heavy atom. The van der Waals surface area contributed by atoms with Gasteiger partial charge in [0.25, 0.3) is 10.0 Å². The molecule has 0 unspecified atom stereocenters. The molecular formula is C20H17N3O2S. The van der Waals surface area contributed by atoms with E-state index in [1.165, 1.54) is 3.97 Å². The van der Waals surface area contributed by atoms with E-state index in [2.05, 4.69) is 9.97 Å². The Morgan fingerprint density at radius 1 is 0.923 bits per heavy atom. The second kappa shape index (κ2) is 6.07. The quantitative estimate of drug-likeness (QED) is 0.553. The molecule has 0 aliphatic heterocycles. The van der Waals surface area contributed by atoms with Crippen molar-refractivity contribution in [2.45, 2.75) is 18.7 Å². The highest BCUT2D eigenvalue weighted by Crippen LogP contribution is 2.33. The minimum absolute atomic E-state index is 0.253. The van der Waals surface area contributed by atoms with Crippen LogP contribution >= 0.6 is 0 Å². The van der Waals surface area contributed by atoms with Gasteiger partial charge in [0.15, 0.2) is 0 Å². The van der Waals surface area contributed by atoms with E-state index < -0.39 is 10.0 Å². The third-order valence-corrected chi connectivity index (χ3v) is 6.01. The summed E-state index contributed by atoms with van der Waals surface area (Å²) < 4.78 is 27.7. The third kappa shape index (κ3) is 2.59. The molecule has 0 aliphatic carbocycles. The number of hydrogen-bond acceptors (Lipinski definition) is 4. The Hall–Kier alpha value is -2.99. The van der Waals surface area contributed by atoms with E-state index in [0.717, 1.165) is 22.2 Å². The highest BCUT2D eigenvalue weighted by Gasteiger charge is 2.22. The summed E-state index contributed by atoms with van der Waals surface area (Å²) in [7, 11) is -3.70. The molecule has 4 rings (SSSR count). The van der Waals surface area contributed by atoms with E-state index >= 15 is 0 Å². The molecule has 0 radical (unpaired) electrons. The van der Waals surface area contributed by atoms with Crippen molar-refractivity contribution in [2.75, 3.05) is 0 Å². The van der Waals surface area contributed by atoms with Crippen LogP contribution in [0.4, 0.5) is 0 Å². The normalized spacial score (nSPS) is 11.8. The summed E-state index contributed by atoms with van der Waals surface area (Å²) in [6.45, 7) is 3.75. The lowest BCUT2D eigenvalue weighted by molar-refractivity contribution is 0.589. The molecule has 0 bridgehead atoms. The lowest BCUT2D eigenvalue weighted by atomic mass is 10.1. The van der Waals surface area contributed by atoms with Gasteiger partial charge in [-0.3, -0.25) is 0 Å². The van der Waals surface area contributed by atoms with Gasteiger partial charge in [-0.2, -0.15) is 0 Å². The number of para-hydroxylation sites is 1. The summed E-state index contributed by atoms with van der Waals surface area (Å²) in [4.78, 5) is 9.01. The number of hydrogen-bond donors (Lipinski definition) is 0. The number of nitrogens with zero attached hydrogens (tertiary/aromatic N) is 3. The Labute approximate surface area is 152 Å². The fourth-order valence-corrected chi connectivity index (χ4v) is 4.44. The van der Waals surface area contributed by atoms with Gasteiger partial charge in [0, 0.05) is 23.3 Å². The Morgan fingerprint density at radius 3 is 2.38 bits per heavy atom. The topological polar surface area (TPSA) is 64.8 Å². The van der Waals surface area contributed by atoms with Crippen LogP contribution in [0.1, 0.15) is 11.4 Å². The van der Waals surface area contributed by atoms with Crippen molar-refractivity contribution in [3.63, 3.8) is 0 Å². The van der Waals surface area contributed by atoms with E-state index in [0.29, 0.717) is 11.3 Å². The Kier molecular flexibility index (Phi) is 3.85. The molecule has 0 spiro atoms. The van der Waals surface area contributed by atoms with Crippen molar-refractivity contribution >= 4 is 20.9 Å². The van der Waals surface area contributed by atoms with Gasteiger partial charge < -0.3 is 0 Å². The van der Waals surface area contributed by atoms with Crippen molar-refractivity contribution in [3.8, 4) is 11.3 Å². The maximum atomic E-state index is 13.2. The predicted molar refractivity (Wildman–Crippen MR) is 101 cm³/mol. The largest absolute Gasteiger partial charge is 0.268 e. The second-order valence-electron chi connectivity index (χ2n) is 6.12. The maximum Gasteiger partial charge on any atom is 0.268 e. The van der Waals surface area contributed by atoms with Crippen LogP contribution in [-0.4, -0.2) is 22.4 Å². The van der Waals surface area contributed by atoms with Crippen LogP contribution in [-0.2, 0) is 10.0 Å². The molecule has 0 atom stereocenters. The van der Waals surface area contributed by atoms with Crippen molar-refractivity contribution < 1.29 is 8.42 Å². The van der Waals surface area contributed by atoms with Gasteiger partial charge in [-0.15, -0.1) is 0 Å². The first-order chi connectivity index (χ1) is 12.5. The van der Waals surface area contributed by atoms with Crippen molar-refractivity contribution in [1.82, 2.24) is 13.9 Å². The van der Waals surface area contributed by atoms with Gasteiger partial charge in [-0.25, -0.2) is 22.4 Å². The van der Waals surface area contributed by atoms with Crippen molar-refractivity contribution in [1.29, 1.82) is 0 Å². The molecule has 0 N–H and O–H groups in total. The van der Waals surface area contributed by atoms with Crippen LogP contribution in [0.15, 0.2) is 71.9 Å². The molecule has 0 fully saturated rings. The monoisotopic (exact) mass is 363 g/mol. The van der Waals surface area contributed by atoms with Crippen LogP contribution < -0.4 is 0 Å². The third-order valence-electron chi connectivity index (χ3n) is 4.33. The fourth-order valence-electron chi connectivity index (χ4n) is 3.05. The molecule has 6 heteroatoms. The van der Waals surface area contributed by atoms with E-state index in [1.807, 2.05) is 38.1 Å². The molecule has 2 aromatic carbocycles. The minimum atomic E-state index is -3.70. The average molecular weight is 363 g/mol. The molecule has 26 heavy (non-hydrogen) atoms. The number of fused-ring (bicyclic) bond motifs is 1. The van der Waals surface area contributed by atoms with E-state index in [1.54, 1.807) is 42.7 Å². The molecule has 2 aromatic heterocycles. The minimum Gasteiger partial charge on any atom is -0.241 e. The van der Waals surface area contributed by atoms with Crippen molar-refractivity contribution in [3.05, 3.63) is 78.4 Å². The van der Waals surface area contributed by atoms with Crippen LogP contribution in [0.2, 0.25) is 0 Å². The zero-order valence-corrected chi connectivity index (χ0v) is 15.2. The molecule has 0 amide bonds. The average Bonchev–Trinajstić information content (AvgIpc) is 3.05. The summed E-state index contributed by atoms with van der Waals surface area (Å²) in [6, 6.07) is 15.9. The lowest BCUT2D eigenvalue weighted by Crippen LogP contribution is -2.11. The number of rotatable bonds is 3. The van der Waals surface area contributed by atoms with Gasteiger partial charge in [0.2, 0.25) is 0 Å². The zero-order chi connectivity index (χ0) is 18.3. The van der Waals surface area contributed by atoms with Crippen LogP contribution in [0, 0.1) is 13.8 Å². The number of aryl methyl sites for hydroxylation is 2. The lowest BCUT2D eigenvalue weighted by Gasteiger charge is -2.07. The molecular weight excluding hydrogens is 346 g/mol. The Balaban J connectivity index is 2.04. The zero-order valence-electron chi connectivity index (χ0n) is 14.4. The number of benzene rings is 2. The van der Waals surface area contributed by atoms with Gasteiger partial charge in [0.1, 0.15) is 5.82 Å². The van der Waals surface area contributed by atoms with Gasteiger partial charge >= 0.3 is 0 Å². The van der Waals surface area contributed by atoms with Gasteiger partial charge in [-0.05, 0) is 37.6 Å². The molecule has 0 saturated heterocycles. The maximum absolute atomic E-state index is 13.2. The SMILES string of the molecule is Cc1ncc(C)c(-c2cn(S(=O)(=O)c3ccccc3)c3ccccc23)n1. The first-order valence-corrected chi connectivity index (χ1v) is 9.64. The summed E-state index contributed by atoms with van der Waals surface area (Å²) in [5, 5.41) is 0.841. The molecule has 0 saturated carbocycles. The molecule has 5 nitrogen and oxygen atoms in total. The highest BCUT2D eigenvalue weighted by atomic mass is 32.2. The first-order valence-electron chi connectivity index (χ1n) is 8.20. The van der Waals surface area contributed by atoms with E-state index in [9.17, 15) is 8.42 Å². The molecule has 4 aromatic rings. The van der Waals surface area contributed by atoms with E-state index in [-0.39, 0.29) is 4.90 Å². The van der Waals surface area contributed by atoms with Crippen LogP contribution in [0.3, 0.4) is 0 Å². The van der Waals surface area contributed by atoms with Gasteiger partial charge in [0.05, 0.1) is 16.1 Å². The first kappa shape index (κ1) is 16.5. The predicted octanol–water partition coefficient (Wildman–Crippen LogP) is 3.95. The Bertz CT molecular complexity index is 1210. The highest BCUT2D eigenvalue weighted by molar-refractivity contribution is 7.90. The standard InChI is InChI=1S/C20H17N3O2S/c1-14-12-21-15(2)22-20(14)18-13-23(19-11-7-6-10-17(18)19)26(24,25)16-8-4-3-5-9-16/h3-13H,1-2H3. The van der Waals surface area contributed by atoms with Crippen LogP contribution in [0.5, 0.6) is 0 Å². The van der Waals surface area contributed by atoms with Crippen LogP contribution in [0.25, 0.3) is 22.2 Å². The van der Waals surface area contributed by atoms with E-state index in [4.69, 9.17) is 0 Å². The second-order valence-corrected chi connectivity index (χ2v) is 7.94. The smallest absolute Gasteiger partial charge is 0.241 e. The van der Waals surface area contributed by atoms with Crippen molar-refractivity contribution in [2.24, 2.45) is 0 Å². The van der Waals surface area contributed by atoms with Gasteiger partial charge in [-0.1, -0.05) is 36.4 Å².